The number of halogens is 1. The number of hydrogen-bond acceptors (Lipinski definition) is 3. The fraction of sp³-hybridized carbons (Fsp3) is 0.222. The van der Waals surface area contributed by atoms with E-state index in [2.05, 4.69) is 4.98 Å². The Morgan fingerprint density at radius 3 is 2.87 bits per heavy atom. The van der Waals surface area contributed by atoms with Gasteiger partial charge in [-0.2, -0.15) is 0 Å². The fourth-order valence-corrected chi connectivity index (χ4v) is 2.43. The molecule has 80 valence electrons. The summed E-state index contributed by atoms with van der Waals surface area (Å²) < 4.78 is 23.6. The van der Waals surface area contributed by atoms with Crippen molar-refractivity contribution in [3.63, 3.8) is 0 Å². The van der Waals surface area contributed by atoms with Crippen LogP contribution in [0.2, 0.25) is 0 Å². The van der Waals surface area contributed by atoms with Crippen LogP contribution < -0.4 is 0 Å². The number of nitrogens with zero attached hydrogens (tertiary/aromatic N) is 2. The van der Waals surface area contributed by atoms with Crippen LogP contribution in [0.1, 0.15) is 5.56 Å². The Morgan fingerprint density at radius 1 is 1.47 bits per heavy atom. The minimum Gasteiger partial charge on any atom is -0.334 e. The molecule has 0 bridgehead atoms. The van der Waals surface area contributed by atoms with E-state index in [0.29, 0.717) is 5.56 Å². The van der Waals surface area contributed by atoms with Crippen molar-refractivity contribution >= 4 is 30.8 Å². The van der Waals surface area contributed by atoms with E-state index in [1.54, 1.807) is 18.5 Å². The summed E-state index contributed by atoms with van der Waals surface area (Å²) >= 11 is 0. The number of aryl methyl sites for hydroxylation is 1. The number of fused-ring (bicyclic) bond motifs is 1. The van der Waals surface area contributed by atoms with Gasteiger partial charge in [-0.1, -0.05) is 6.07 Å². The molecule has 0 aliphatic heterocycles. The van der Waals surface area contributed by atoms with Gasteiger partial charge in [0.25, 0.3) is 0 Å². The zero-order chi connectivity index (χ0) is 11.1. The molecule has 0 saturated carbocycles. The van der Waals surface area contributed by atoms with Gasteiger partial charge in [0, 0.05) is 17.7 Å². The zero-order valence-electron chi connectivity index (χ0n) is 8.01. The van der Waals surface area contributed by atoms with Gasteiger partial charge in [0.1, 0.15) is 0 Å². The van der Waals surface area contributed by atoms with Crippen LogP contribution in [0.3, 0.4) is 0 Å². The largest absolute Gasteiger partial charge is 0.334 e. The Kier molecular flexibility index (Phi) is 2.44. The Bertz CT molecular complexity index is 604. The number of imidazole rings is 1. The van der Waals surface area contributed by atoms with Crippen LogP contribution in [-0.4, -0.2) is 18.0 Å². The van der Waals surface area contributed by atoms with Crippen molar-refractivity contribution < 1.29 is 8.42 Å². The van der Waals surface area contributed by atoms with Crippen molar-refractivity contribution in [3.8, 4) is 0 Å². The summed E-state index contributed by atoms with van der Waals surface area (Å²) in [6.07, 6.45) is 1.68. The summed E-state index contributed by atoms with van der Waals surface area (Å²) in [4.78, 5) is 4.13. The summed E-state index contributed by atoms with van der Waals surface area (Å²) in [7, 11) is 3.55. The summed E-state index contributed by atoms with van der Waals surface area (Å²) in [5.74, 6) is -0.166. The van der Waals surface area contributed by atoms with Gasteiger partial charge >= 0.3 is 0 Å². The van der Waals surface area contributed by atoms with Gasteiger partial charge in [0.15, 0.2) is 0 Å². The Morgan fingerprint density at radius 2 is 2.20 bits per heavy atom. The molecule has 2 aromatic rings. The molecule has 1 heterocycles. The standard InChI is InChI=1S/C9H9ClN2O2S/c1-12-6-11-8-4-7(2-3-9(8)12)5-15(10,13)14/h2-4,6H,5H2,1H3. The average molecular weight is 245 g/mol. The molecule has 0 radical (unpaired) electrons. The van der Waals surface area contributed by atoms with E-state index in [9.17, 15) is 8.42 Å². The maximum absolute atomic E-state index is 10.9. The molecule has 15 heavy (non-hydrogen) atoms. The maximum atomic E-state index is 10.9. The molecule has 0 spiro atoms. The highest BCUT2D eigenvalue weighted by atomic mass is 35.7. The second kappa shape index (κ2) is 3.50. The van der Waals surface area contributed by atoms with Crippen LogP contribution in [0, 0.1) is 0 Å². The summed E-state index contributed by atoms with van der Waals surface area (Å²) in [6.45, 7) is 0. The van der Waals surface area contributed by atoms with E-state index in [0.717, 1.165) is 11.0 Å². The van der Waals surface area contributed by atoms with Gasteiger partial charge in [-0.3, -0.25) is 0 Å². The van der Waals surface area contributed by atoms with Crippen LogP contribution in [-0.2, 0) is 21.9 Å². The molecule has 0 amide bonds. The van der Waals surface area contributed by atoms with Crippen molar-refractivity contribution in [1.82, 2.24) is 9.55 Å². The van der Waals surface area contributed by atoms with Crippen LogP contribution >= 0.6 is 10.7 Å². The maximum Gasteiger partial charge on any atom is 0.236 e. The molecule has 0 fully saturated rings. The van der Waals surface area contributed by atoms with E-state index in [1.807, 2.05) is 17.7 Å². The molecule has 2 rings (SSSR count). The number of hydrogen-bond donors (Lipinski definition) is 0. The van der Waals surface area contributed by atoms with Gasteiger partial charge in [-0.15, -0.1) is 0 Å². The minimum absolute atomic E-state index is 0.166. The third kappa shape index (κ3) is 2.30. The molecule has 0 unspecified atom stereocenters. The molecule has 1 aromatic carbocycles. The number of benzene rings is 1. The lowest BCUT2D eigenvalue weighted by atomic mass is 10.2. The molecule has 0 aliphatic rings. The number of rotatable bonds is 2. The van der Waals surface area contributed by atoms with Gasteiger partial charge in [-0.05, 0) is 17.7 Å². The van der Waals surface area contributed by atoms with Gasteiger partial charge in [0.2, 0.25) is 9.05 Å². The quantitative estimate of drug-likeness (QED) is 0.755. The molecule has 4 nitrogen and oxygen atoms in total. The summed E-state index contributed by atoms with van der Waals surface area (Å²) in [6, 6.07) is 5.30. The van der Waals surface area contributed by atoms with E-state index < -0.39 is 9.05 Å². The Labute approximate surface area is 91.9 Å². The van der Waals surface area contributed by atoms with E-state index >= 15 is 0 Å². The summed E-state index contributed by atoms with van der Waals surface area (Å²) in [5, 5.41) is 0. The smallest absolute Gasteiger partial charge is 0.236 e. The van der Waals surface area contributed by atoms with Crippen molar-refractivity contribution in [2.75, 3.05) is 0 Å². The molecular weight excluding hydrogens is 236 g/mol. The number of aromatic nitrogens is 2. The molecule has 0 saturated heterocycles. The van der Waals surface area contributed by atoms with Crippen LogP contribution in [0.25, 0.3) is 11.0 Å². The van der Waals surface area contributed by atoms with Gasteiger partial charge < -0.3 is 4.57 Å². The first-order valence-electron chi connectivity index (χ1n) is 4.28. The van der Waals surface area contributed by atoms with Crippen molar-refractivity contribution in [2.24, 2.45) is 7.05 Å². The molecule has 6 heteroatoms. The molecular formula is C9H9ClN2O2S. The highest BCUT2D eigenvalue weighted by Gasteiger charge is 2.08. The molecule has 0 aliphatic carbocycles. The third-order valence-electron chi connectivity index (χ3n) is 2.13. The highest BCUT2D eigenvalue weighted by Crippen LogP contribution is 2.16. The van der Waals surface area contributed by atoms with Crippen LogP contribution in [0.5, 0.6) is 0 Å². The Hall–Kier alpha value is -1.07. The van der Waals surface area contributed by atoms with Crippen LogP contribution in [0.4, 0.5) is 0 Å². The zero-order valence-corrected chi connectivity index (χ0v) is 9.59. The monoisotopic (exact) mass is 244 g/mol. The normalized spacial score (nSPS) is 12.1. The molecule has 1 aromatic heterocycles. The Balaban J connectivity index is 2.48. The van der Waals surface area contributed by atoms with Gasteiger partial charge in [0.05, 0.1) is 23.1 Å². The minimum atomic E-state index is -3.50. The second-order valence-corrected chi connectivity index (χ2v) is 6.14. The van der Waals surface area contributed by atoms with Gasteiger partial charge in [-0.25, -0.2) is 13.4 Å². The topological polar surface area (TPSA) is 52.0 Å². The van der Waals surface area contributed by atoms with Crippen LogP contribution in [0.15, 0.2) is 24.5 Å². The fourth-order valence-electron chi connectivity index (χ4n) is 1.47. The first-order chi connectivity index (χ1) is 6.96. The third-order valence-corrected chi connectivity index (χ3v) is 3.13. The summed E-state index contributed by atoms with van der Waals surface area (Å²) in [5.41, 5.74) is 2.39. The van der Waals surface area contributed by atoms with Crippen molar-refractivity contribution in [1.29, 1.82) is 0 Å². The first-order valence-corrected chi connectivity index (χ1v) is 6.76. The lowest BCUT2D eigenvalue weighted by Crippen LogP contribution is -1.94. The predicted octanol–water partition coefficient (Wildman–Crippen LogP) is 1.64. The SMILES string of the molecule is Cn1cnc2cc(CS(=O)(=O)Cl)ccc21. The predicted molar refractivity (Wildman–Crippen MR) is 59.2 cm³/mol. The highest BCUT2D eigenvalue weighted by molar-refractivity contribution is 8.13. The average Bonchev–Trinajstić information content (AvgIpc) is 2.45. The first kappa shape index (κ1) is 10.4. The van der Waals surface area contributed by atoms with E-state index in [-0.39, 0.29) is 5.75 Å². The second-order valence-electron chi connectivity index (χ2n) is 3.36. The lowest BCUT2D eigenvalue weighted by Gasteiger charge is -1.98. The van der Waals surface area contributed by atoms with E-state index in [4.69, 9.17) is 10.7 Å². The lowest BCUT2D eigenvalue weighted by molar-refractivity contribution is 0.609. The van der Waals surface area contributed by atoms with Crippen molar-refractivity contribution in [2.45, 2.75) is 5.75 Å². The van der Waals surface area contributed by atoms with Crippen molar-refractivity contribution in [3.05, 3.63) is 30.1 Å². The van der Waals surface area contributed by atoms with E-state index in [1.165, 1.54) is 0 Å². The molecule has 0 atom stereocenters. The molecule has 0 N–H and O–H groups in total.